The minimum Gasteiger partial charge on any atom is -0.394 e. The van der Waals surface area contributed by atoms with Gasteiger partial charge in [-0.3, -0.25) is 4.79 Å². The van der Waals surface area contributed by atoms with E-state index in [9.17, 15) is 55.9 Å². The van der Waals surface area contributed by atoms with E-state index in [4.69, 9.17) is 33.2 Å². The molecular formula is C27H47NO18. The summed E-state index contributed by atoms with van der Waals surface area (Å²) in [6.45, 7) is 4.09. The monoisotopic (exact) mass is 673 g/mol. The average molecular weight is 674 g/mol. The maximum atomic E-state index is 12.3. The average Bonchev–Trinajstić information content (AvgIpc) is 3.01. The predicted molar refractivity (Wildman–Crippen MR) is 146 cm³/mol. The smallest absolute Gasteiger partial charge is 0.217 e. The summed E-state index contributed by atoms with van der Waals surface area (Å²) in [5.74, 6) is -0.544. The molecule has 0 aliphatic carbocycles. The topological polar surface area (TPSA) is 296 Å². The Kier molecular flexibility index (Phi) is 12.7. The zero-order valence-electron chi connectivity index (χ0n) is 25.7. The molecule has 0 saturated carbocycles. The number of rotatable bonds is 9. The van der Waals surface area contributed by atoms with E-state index in [-0.39, 0.29) is 0 Å². The van der Waals surface area contributed by atoms with E-state index in [0.717, 1.165) is 0 Å². The highest BCUT2D eigenvalue weighted by Crippen LogP contribution is 2.35. The molecule has 19 nitrogen and oxygen atoms in total. The van der Waals surface area contributed by atoms with E-state index in [1.807, 2.05) is 0 Å². The van der Waals surface area contributed by atoms with Gasteiger partial charge in [-0.05, 0) is 20.8 Å². The van der Waals surface area contributed by atoms with Crippen molar-refractivity contribution < 1.29 is 89.0 Å². The van der Waals surface area contributed by atoms with Crippen molar-refractivity contribution in [2.45, 2.75) is 150 Å². The predicted octanol–water partition coefficient (Wildman–Crippen LogP) is -6.48. The Balaban J connectivity index is 1.69. The Morgan fingerprint density at radius 2 is 1.02 bits per heavy atom. The Morgan fingerprint density at radius 1 is 0.543 bits per heavy atom. The van der Waals surface area contributed by atoms with E-state index >= 15 is 0 Å². The number of hydrogen-bond donors (Lipinski definition) is 11. The maximum Gasteiger partial charge on any atom is 0.217 e. The molecule has 4 aliphatic heterocycles. The summed E-state index contributed by atoms with van der Waals surface area (Å²) in [6, 6.07) is -1.09. The Hall–Kier alpha value is -1.21. The normalized spacial score (nSPS) is 51.9. The fraction of sp³-hybridized carbons (Fsp3) is 0.963. The first kappa shape index (κ1) is 37.6. The molecule has 0 bridgehead atoms. The van der Waals surface area contributed by atoms with Crippen molar-refractivity contribution in [2.24, 2.45) is 0 Å². The standard InChI is InChI=1S/C27H47NO18/c1-7-13(28-10(4)31)23(22(12(6-30)40-7)44-25-20(38)17(35)14(32)8(2)41-25)45-27-24(19(37)16(34)11(5-29)43-27)46-26-21(39)18(36)15(33)9(3)42-26/h7-9,11-27,29-30,32-39H,5-6H2,1-4H3,(H,28,31). The quantitative estimate of drug-likeness (QED) is 0.108. The lowest BCUT2D eigenvalue weighted by Gasteiger charge is -2.51. The minimum atomic E-state index is -1.86. The summed E-state index contributed by atoms with van der Waals surface area (Å²) in [7, 11) is 0. The summed E-state index contributed by atoms with van der Waals surface area (Å²) in [6.07, 6.45) is -28.7. The molecule has 0 spiro atoms. The molecule has 46 heavy (non-hydrogen) atoms. The molecule has 4 aliphatic rings. The SMILES string of the molecule is CC(=O)NC1C(C)OC(CO)C(OC2OC(C)C(O)C(O)C2O)C1OC1OC(CO)C(O)C(O)C1OC1OC(C)C(O)C(O)C1O. The second kappa shape index (κ2) is 15.6. The van der Waals surface area contributed by atoms with Crippen molar-refractivity contribution in [1.82, 2.24) is 5.32 Å². The lowest BCUT2D eigenvalue weighted by molar-refractivity contribution is -0.385. The fourth-order valence-electron chi connectivity index (χ4n) is 6.06. The molecule has 4 rings (SSSR count). The molecule has 4 heterocycles. The number of aliphatic hydroxyl groups excluding tert-OH is 10. The maximum absolute atomic E-state index is 12.3. The van der Waals surface area contributed by atoms with Crippen LogP contribution in [0.1, 0.15) is 27.7 Å². The van der Waals surface area contributed by atoms with Crippen molar-refractivity contribution in [2.75, 3.05) is 13.2 Å². The second-order valence-electron chi connectivity index (χ2n) is 12.2. The molecule has 4 saturated heterocycles. The van der Waals surface area contributed by atoms with E-state index in [1.54, 1.807) is 6.92 Å². The van der Waals surface area contributed by atoms with Crippen LogP contribution in [0.4, 0.5) is 0 Å². The highest BCUT2D eigenvalue weighted by atomic mass is 16.8. The molecule has 19 heteroatoms. The number of aliphatic hydroxyl groups is 10. The summed E-state index contributed by atoms with van der Waals surface area (Å²) in [4.78, 5) is 12.3. The van der Waals surface area contributed by atoms with Gasteiger partial charge in [0.15, 0.2) is 18.9 Å². The Morgan fingerprint density at radius 3 is 1.50 bits per heavy atom. The van der Waals surface area contributed by atoms with Crippen molar-refractivity contribution in [3.63, 3.8) is 0 Å². The molecule has 20 unspecified atom stereocenters. The molecule has 0 aromatic rings. The van der Waals surface area contributed by atoms with Crippen LogP contribution < -0.4 is 5.32 Å². The van der Waals surface area contributed by atoms with E-state index in [1.165, 1.54) is 20.8 Å². The fourth-order valence-corrected chi connectivity index (χ4v) is 6.06. The van der Waals surface area contributed by atoms with Crippen molar-refractivity contribution in [3.8, 4) is 0 Å². The molecule has 0 aromatic heterocycles. The van der Waals surface area contributed by atoms with Crippen LogP contribution in [0, 0.1) is 0 Å². The zero-order chi connectivity index (χ0) is 34.2. The van der Waals surface area contributed by atoms with Crippen LogP contribution in [0.2, 0.25) is 0 Å². The van der Waals surface area contributed by atoms with Crippen LogP contribution in [0.15, 0.2) is 0 Å². The number of amides is 1. The summed E-state index contributed by atoms with van der Waals surface area (Å²) < 4.78 is 40.8. The third-order valence-electron chi connectivity index (χ3n) is 8.80. The van der Waals surface area contributed by atoms with Crippen molar-refractivity contribution in [3.05, 3.63) is 0 Å². The Labute approximate surface area is 264 Å². The van der Waals surface area contributed by atoms with Gasteiger partial charge in [0.25, 0.3) is 0 Å². The first-order valence-electron chi connectivity index (χ1n) is 15.1. The van der Waals surface area contributed by atoms with Crippen LogP contribution >= 0.6 is 0 Å². The van der Waals surface area contributed by atoms with Gasteiger partial charge in [-0.15, -0.1) is 0 Å². The molecule has 0 aromatic carbocycles. The summed E-state index contributed by atoms with van der Waals surface area (Å²) in [5.41, 5.74) is 0. The molecular weight excluding hydrogens is 626 g/mol. The van der Waals surface area contributed by atoms with Crippen LogP contribution in [0.3, 0.4) is 0 Å². The van der Waals surface area contributed by atoms with Gasteiger partial charge >= 0.3 is 0 Å². The number of ether oxygens (including phenoxy) is 7. The zero-order valence-corrected chi connectivity index (χ0v) is 25.7. The summed E-state index contributed by atoms with van der Waals surface area (Å²) in [5, 5.41) is 107. The molecule has 1 amide bonds. The van der Waals surface area contributed by atoms with Gasteiger partial charge < -0.3 is 89.5 Å². The van der Waals surface area contributed by atoms with Gasteiger partial charge in [-0.2, -0.15) is 0 Å². The summed E-state index contributed by atoms with van der Waals surface area (Å²) >= 11 is 0. The number of hydrogen-bond acceptors (Lipinski definition) is 18. The van der Waals surface area contributed by atoms with Gasteiger partial charge in [0, 0.05) is 6.92 Å². The van der Waals surface area contributed by atoms with Gasteiger partial charge in [0.05, 0.1) is 37.6 Å². The first-order valence-corrected chi connectivity index (χ1v) is 15.1. The number of carbonyl (C=O) groups excluding carboxylic acids is 1. The largest absolute Gasteiger partial charge is 0.394 e. The molecule has 268 valence electrons. The van der Waals surface area contributed by atoms with E-state index in [2.05, 4.69) is 5.32 Å². The van der Waals surface area contributed by atoms with Crippen LogP contribution in [0.25, 0.3) is 0 Å². The van der Waals surface area contributed by atoms with E-state index in [0.29, 0.717) is 0 Å². The number of carbonyl (C=O) groups is 1. The lowest BCUT2D eigenvalue weighted by Crippen LogP contribution is -2.69. The third kappa shape index (κ3) is 7.66. The van der Waals surface area contributed by atoms with Gasteiger partial charge in [0.2, 0.25) is 5.91 Å². The van der Waals surface area contributed by atoms with Crippen LogP contribution in [0.5, 0.6) is 0 Å². The third-order valence-corrected chi connectivity index (χ3v) is 8.80. The van der Waals surface area contributed by atoms with Gasteiger partial charge in [-0.1, -0.05) is 0 Å². The number of nitrogens with one attached hydrogen (secondary N) is 1. The first-order chi connectivity index (χ1) is 21.6. The van der Waals surface area contributed by atoms with Gasteiger partial charge in [-0.25, -0.2) is 0 Å². The van der Waals surface area contributed by atoms with Crippen molar-refractivity contribution in [1.29, 1.82) is 0 Å². The molecule has 11 N–H and O–H groups in total. The molecule has 0 radical (unpaired) electrons. The van der Waals surface area contributed by atoms with Crippen LogP contribution in [-0.2, 0) is 38.0 Å². The Bertz CT molecular complexity index is 996. The van der Waals surface area contributed by atoms with Gasteiger partial charge in [0.1, 0.15) is 79.4 Å². The minimum absolute atomic E-state index is 0.544. The van der Waals surface area contributed by atoms with E-state index < -0.39 is 142 Å². The molecule has 4 fully saturated rings. The molecule has 20 atom stereocenters. The second-order valence-corrected chi connectivity index (χ2v) is 12.2. The van der Waals surface area contributed by atoms with Crippen molar-refractivity contribution >= 4 is 5.91 Å². The highest BCUT2D eigenvalue weighted by Gasteiger charge is 2.55. The highest BCUT2D eigenvalue weighted by molar-refractivity contribution is 5.73. The van der Waals surface area contributed by atoms with Crippen LogP contribution in [-0.4, -0.2) is 193 Å². The lowest BCUT2D eigenvalue weighted by atomic mass is 9.91.